The summed E-state index contributed by atoms with van der Waals surface area (Å²) >= 11 is 6.26. The first-order chi connectivity index (χ1) is 10.9. The molecule has 2 aliphatic rings. The predicted molar refractivity (Wildman–Crippen MR) is 84.6 cm³/mol. The molecule has 0 spiro atoms. The Balaban J connectivity index is 0.000000595. The Bertz CT molecular complexity index is 782. The monoisotopic (exact) mass is 351 g/mol. The zero-order valence-corrected chi connectivity index (χ0v) is 13.6. The quantitative estimate of drug-likeness (QED) is 0.569. The van der Waals surface area contributed by atoms with E-state index in [1.807, 2.05) is 6.92 Å². The molecule has 0 atom stereocenters. The third kappa shape index (κ3) is 3.14. The zero-order chi connectivity index (χ0) is 17.1. The Labute approximate surface area is 140 Å². The highest BCUT2D eigenvalue weighted by molar-refractivity contribution is 8.26. The second kappa shape index (κ2) is 6.95. The van der Waals surface area contributed by atoms with Crippen molar-refractivity contribution in [2.24, 2.45) is 0 Å². The van der Waals surface area contributed by atoms with Crippen LogP contribution in [0.25, 0.3) is 5.57 Å². The molecule has 1 aromatic rings. The largest absolute Gasteiger partial charge is 0.373 e. The number of carbonyl (C=O) groups is 2. The topological polar surface area (TPSA) is 71.5 Å². The van der Waals surface area contributed by atoms with Gasteiger partial charge in [-0.15, -0.1) is 0 Å². The molecule has 0 saturated carbocycles. The average molecular weight is 351 g/mol. The number of thioether (sulfide) groups is 1. The maximum absolute atomic E-state index is 13.4. The highest BCUT2D eigenvalue weighted by Crippen LogP contribution is 2.41. The number of hydrogen-bond acceptors (Lipinski definition) is 6. The Hall–Kier alpha value is -2.15. The molecule has 0 bridgehead atoms. The van der Waals surface area contributed by atoms with Crippen LogP contribution in [-0.2, 0) is 25.6 Å². The van der Waals surface area contributed by atoms with E-state index in [1.165, 1.54) is 17.0 Å². The van der Waals surface area contributed by atoms with Crippen molar-refractivity contribution in [3.8, 4) is 0 Å². The number of amides is 1. The first-order valence-corrected chi connectivity index (χ1v) is 7.76. The highest BCUT2D eigenvalue weighted by atomic mass is 32.2. The maximum Gasteiger partial charge on any atom is 0.373 e. The number of halogens is 1. The molecular weight excluding hydrogens is 341 g/mol. The fourth-order valence-electron chi connectivity index (χ4n) is 2.42. The van der Waals surface area contributed by atoms with Gasteiger partial charge in [-0.2, -0.15) is 9.59 Å². The summed E-state index contributed by atoms with van der Waals surface area (Å²) in [6.45, 7) is 2.29. The lowest BCUT2D eigenvalue weighted by Gasteiger charge is -2.10. The SMILES string of the molecule is CCN1C(=O)/C(=C2/C(=O)Cc3ccc(F)cc32)SC1=S.O=C=O. The summed E-state index contributed by atoms with van der Waals surface area (Å²) in [4.78, 5) is 42.5. The van der Waals surface area contributed by atoms with Gasteiger partial charge in [0, 0.05) is 18.5 Å². The van der Waals surface area contributed by atoms with Crippen LogP contribution in [0.15, 0.2) is 23.1 Å². The predicted octanol–water partition coefficient (Wildman–Crippen LogP) is 1.96. The highest BCUT2D eigenvalue weighted by Gasteiger charge is 2.38. The number of ketones is 1. The van der Waals surface area contributed by atoms with Gasteiger partial charge in [0.1, 0.15) is 10.1 Å². The third-order valence-corrected chi connectivity index (χ3v) is 4.81. The van der Waals surface area contributed by atoms with E-state index < -0.39 is 5.82 Å². The lowest BCUT2D eigenvalue weighted by atomic mass is 10.1. The number of allylic oxidation sites excluding steroid dienone is 1. The van der Waals surface area contributed by atoms with Crippen molar-refractivity contribution in [3.63, 3.8) is 0 Å². The van der Waals surface area contributed by atoms with Gasteiger partial charge in [-0.3, -0.25) is 14.5 Å². The summed E-state index contributed by atoms with van der Waals surface area (Å²) < 4.78 is 13.8. The molecule has 5 nitrogen and oxygen atoms in total. The van der Waals surface area contributed by atoms with Crippen LogP contribution in [0.4, 0.5) is 4.39 Å². The second-order valence-corrected chi connectivity index (χ2v) is 6.25. The van der Waals surface area contributed by atoms with Crippen molar-refractivity contribution in [2.45, 2.75) is 13.3 Å². The number of benzene rings is 1. The molecule has 0 unspecified atom stereocenters. The number of fused-ring (bicyclic) bond motifs is 1. The molecule has 8 heteroatoms. The van der Waals surface area contributed by atoms with E-state index in [9.17, 15) is 14.0 Å². The molecule has 1 amide bonds. The summed E-state index contributed by atoms with van der Waals surface area (Å²) in [7, 11) is 0. The van der Waals surface area contributed by atoms with Crippen LogP contribution >= 0.6 is 24.0 Å². The van der Waals surface area contributed by atoms with Gasteiger partial charge in [-0.1, -0.05) is 30.0 Å². The van der Waals surface area contributed by atoms with Crippen LogP contribution in [0.2, 0.25) is 0 Å². The fourth-order valence-corrected chi connectivity index (χ4v) is 3.90. The fraction of sp³-hybridized carbons (Fsp3) is 0.200. The summed E-state index contributed by atoms with van der Waals surface area (Å²) in [6.07, 6.45) is 0.459. The standard InChI is InChI=1S/C14H10FNO2S2.CO2/c1-2-16-13(18)12(20-14(16)19)11-9-6-8(15)4-3-7(9)5-10(11)17;2-1-3/h3-4,6H,2,5H2,1H3;/b12-11-;. The Morgan fingerprint density at radius 3 is 2.57 bits per heavy atom. The Morgan fingerprint density at radius 1 is 1.35 bits per heavy atom. The molecule has 1 aliphatic carbocycles. The minimum absolute atomic E-state index is 0.151. The van der Waals surface area contributed by atoms with Gasteiger partial charge < -0.3 is 0 Å². The van der Waals surface area contributed by atoms with Crippen molar-refractivity contribution in [3.05, 3.63) is 40.0 Å². The van der Waals surface area contributed by atoms with Gasteiger partial charge >= 0.3 is 6.15 Å². The molecule has 3 rings (SSSR count). The molecule has 118 valence electrons. The molecule has 0 aromatic heterocycles. The summed E-state index contributed by atoms with van der Waals surface area (Å²) in [5.41, 5.74) is 1.59. The molecule has 1 aromatic carbocycles. The lowest BCUT2D eigenvalue weighted by Crippen LogP contribution is -2.27. The summed E-state index contributed by atoms with van der Waals surface area (Å²) in [6, 6.07) is 4.23. The lowest BCUT2D eigenvalue weighted by molar-refractivity contribution is -0.191. The van der Waals surface area contributed by atoms with Gasteiger partial charge in [0.2, 0.25) is 0 Å². The number of hydrogen-bond donors (Lipinski definition) is 0. The molecule has 1 aliphatic heterocycles. The minimum atomic E-state index is -0.415. The summed E-state index contributed by atoms with van der Waals surface area (Å²) in [5.74, 6) is -0.827. The van der Waals surface area contributed by atoms with Gasteiger partial charge in [0.25, 0.3) is 5.91 Å². The molecule has 0 radical (unpaired) electrons. The number of carbonyl (C=O) groups excluding carboxylic acids is 4. The van der Waals surface area contributed by atoms with E-state index in [2.05, 4.69) is 0 Å². The normalized spacial score (nSPS) is 19.4. The van der Waals surface area contributed by atoms with E-state index in [-0.39, 0.29) is 24.3 Å². The average Bonchev–Trinajstić information content (AvgIpc) is 2.95. The molecule has 0 N–H and O–H groups in total. The summed E-state index contributed by atoms with van der Waals surface area (Å²) in [5, 5.41) is 0. The van der Waals surface area contributed by atoms with E-state index in [0.717, 1.165) is 17.3 Å². The Kier molecular flexibility index (Phi) is 5.20. The first kappa shape index (κ1) is 17.2. The van der Waals surface area contributed by atoms with Crippen LogP contribution in [0.1, 0.15) is 18.1 Å². The third-order valence-electron chi connectivity index (χ3n) is 3.36. The van der Waals surface area contributed by atoms with E-state index in [4.69, 9.17) is 21.8 Å². The number of rotatable bonds is 1. The van der Waals surface area contributed by atoms with Gasteiger partial charge in [0.15, 0.2) is 5.78 Å². The van der Waals surface area contributed by atoms with Crippen molar-refractivity contribution >= 4 is 51.7 Å². The number of likely N-dealkylation sites (N-methyl/N-ethyl adjacent to an activating group) is 1. The van der Waals surface area contributed by atoms with E-state index in [1.54, 1.807) is 6.07 Å². The van der Waals surface area contributed by atoms with Gasteiger partial charge in [-0.05, 0) is 30.2 Å². The van der Waals surface area contributed by atoms with E-state index >= 15 is 0 Å². The molecule has 1 heterocycles. The van der Waals surface area contributed by atoms with Crippen molar-refractivity contribution in [2.75, 3.05) is 6.54 Å². The number of thiocarbonyl (C=S) groups is 1. The first-order valence-electron chi connectivity index (χ1n) is 6.53. The van der Waals surface area contributed by atoms with Crippen molar-refractivity contribution < 1.29 is 23.6 Å². The van der Waals surface area contributed by atoms with Crippen LogP contribution in [0.5, 0.6) is 0 Å². The van der Waals surface area contributed by atoms with Crippen molar-refractivity contribution in [1.29, 1.82) is 0 Å². The maximum atomic E-state index is 13.4. The van der Waals surface area contributed by atoms with Crippen LogP contribution in [0.3, 0.4) is 0 Å². The van der Waals surface area contributed by atoms with Crippen LogP contribution in [-0.4, -0.2) is 33.6 Å². The van der Waals surface area contributed by atoms with Crippen LogP contribution in [0, 0.1) is 5.82 Å². The minimum Gasteiger partial charge on any atom is -0.294 e. The van der Waals surface area contributed by atoms with Gasteiger partial charge in [0.05, 0.1) is 4.91 Å². The molecular formula is C15H10FNO4S2. The van der Waals surface area contributed by atoms with Crippen molar-refractivity contribution in [1.82, 2.24) is 4.90 Å². The molecule has 23 heavy (non-hydrogen) atoms. The number of Topliss-reactive ketones (excluding diaryl/α,β-unsaturated/α-hetero) is 1. The molecule has 1 fully saturated rings. The smallest absolute Gasteiger partial charge is 0.294 e. The molecule has 1 saturated heterocycles. The second-order valence-electron chi connectivity index (χ2n) is 4.61. The van der Waals surface area contributed by atoms with Gasteiger partial charge in [-0.25, -0.2) is 4.39 Å². The van der Waals surface area contributed by atoms with Crippen LogP contribution < -0.4 is 0 Å². The van der Waals surface area contributed by atoms with E-state index in [0.29, 0.717) is 26.9 Å². The number of nitrogens with zero attached hydrogens (tertiary/aromatic N) is 1. The Morgan fingerprint density at radius 2 is 2.00 bits per heavy atom. The zero-order valence-electron chi connectivity index (χ0n) is 11.9.